The van der Waals surface area contributed by atoms with Crippen molar-refractivity contribution >= 4 is 5.69 Å². The van der Waals surface area contributed by atoms with Crippen LogP contribution in [0.25, 0.3) is 0 Å². The zero-order chi connectivity index (χ0) is 11.5. The lowest BCUT2D eigenvalue weighted by Crippen LogP contribution is -2.48. The van der Waals surface area contributed by atoms with Crippen molar-refractivity contribution < 1.29 is 5.11 Å². The van der Waals surface area contributed by atoms with Crippen LogP contribution in [-0.4, -0.2) is 42.2 Å². The second-order valence-electron chi connectivity index (χ2n) is 4.64. The Balaban J connectivity index is 1.99. The number of rotatable bonds is 2. The standard InChI is InChI=1S/C13H20N2O/c1-11(2)14-6-8-15(9-7-14)12-4-3-5-13(16)10-12/h3-5,10-11,16H,6-9H2,1-2H3. The topological polar surface area (TPSA) is 26.7 Å². The fourth-order valence-electron chi connectivity index (χ4n) is 2.19. The van der Waals surface area contributed by atoms with Gasteiger partial charge in [0.05, 0.1) is 0 Å². The summed E-state index contributed by atoms with van der Waals surface area (Å²) >= 11 is 0. The molecule has 1 fully saturated rings. The normalized spacial score (nSPS) is 18.1. The minimum absolute atomic E-state index is 0.351. The van der Waals surface area contributed by atoms with E-state index in [1.807, 2.05) is 12.1 Å². The van der Waals surface area contributed by atoms with Crippen LogP contribution in [0.1, 0.15) is 13.8 Å². The van der Waals surface area contributed by atoms with Crippen LogP contribution in [0.3, 0.4) is 0 Å². The Morgan fingerprint density at radius 2 is 1.81 bits per heavy atom. The van der Waals surface area contributed by atoms with E-state index in [-0.39, 0.29) is 0 Å². The summed E-state index contributed by atoms with van der Waals surface area (Å²) in [7, 11) is 0. The van der Waals surface area contributed by atoms with Crippen molar-refractivity contribution in [2.24, 2.45) is 0 Å². The highest BCUT2D eigenvalue weighted by molar-refractivity contribution is 5.50. The number of nitrogens with zero attached hydrogens (tertiary/aromatic N) is 2. The molecule has 0 aromatic heterocycles. The molecule has 0 aliphatic carbocycles. The zero-order valence-electron chi connectivity index (χ0n) is 10.1. The lowest BCUT2D eigenvalue weighted by atomic mass is 10.2. The van der Waals surface area contributed by atoms with E-state index in [0.29, 0.717) is 11.8 Å². The van der Waals surface area contributed by atoms with Crippen molar-refractivity contribution in [2.45, 2.75) is 19.9 Å². The number of benzene rings is 1. The van der Waals surface area contributed by atoms with E-state index in [1.165, 1.54) is 0 Å². The minimum atomic E-state index is 0.351. The highest BCUT2D eigenvalue weighted by atomic mass is 16.3. The minimum Gasteiger partial charge on any atom is -0.508 e. The fourth-order valence-corrected chi connectivity index (χ4v) is 2.19. The summed E-state index contributed by atoms with van der Waals surface area (Å²) in [6.07, 6.45) is 0. The van der Waals surface area contributed by atoms with Gasteiger partial charge in [0.1, 0.15) is 5.75 Å². The molecule has 1 aromatic carbocycles. The van der Waals surface area contributed by atoms with Crippen LogP contribution in [0.2, 0.25) is 0 Å². The molecular formula is C13H20N2O. The Hall–Kier alpha value is -1.22. The maximum atomic E-state index is 9.45. The third-order valence-corrected chi connectivity index (χ3v) is 3.24. The number of aromatic hydroxyl groups is 1. The molecule has 0 saturated carbocycles. The monoisotopic (exact) mass is 220 g/mol. The van der Waals surface area contributed by atoms with Crippen molar-refractivity contribution in [3.8, 4) is 5.75 Å². The number of phenolic OH excluding ortho intramolecular Hbond substituents is 1. The largest absolute Gasteiger partial charge is 0.508 e. The molecule has 1 aromatic rings. The summed E-state index contributed by atoms with van der Waals surface area (Å²) in [4.78, 5) is 4.82. The van der Waals surface area contributed by atoms with Gasteiger partial charge in [0.15, 0.2) is 0 Å². The first kappa shape index (κ1) is 11.3. The molecule has 0 unspecified atom stereocenters. The number of anilines is 1. The van der Waals surface area contributed by atoms with E-state index in [0.717, 1.165) is 31.9 Å². The summed E-state index contributed by atoms with van der Waals surface area (Å²) in [5.74, 6) is 0.351. The molecule has 1 heterocycles. The maximum Gasteiger partial charge on any atom is 0.117 e. The lowest BCUT2D eigenvalue weighted by molar-refractivity contribution is 0.209. The molecule has 0 bridgehead atoms. The predicted octanol–water partition coefficient (Wildman–Crippen LogP) is 1.92. The van der Waals surface area contributed by atoms with E-state index >= 15 is 0 Å². The van der Waals surface area contributed by atoms with Gasteiger partial charge in [-0.05, 0) is 26.0 Å². The van der Waals surface area contributed by atoms with Gasteiger partial charge in [-0.15, -0.1) is 0 Å². The van der Waals surface area contributed by atoms with Gasteiger partial charge < -0.3 is 10.0 Å². The summed E-state index contributed by atoms with van der Waals surface area (Å²) in [5, 5.41) is 9.45. The first-order valence-corrected chi connectivity index (χ1v) is 5.95. The van der Waals surface area contributed by atoms with E-state index in [1.54, 1.807) is 6.07 Å². The van der Waals surface area contributed by atoms with E-state index in [2.05, 4.69) is 29.7 Å². The third kappa shape index (κ3) is 2.47. The van der Waals surface area contributed by atoms with Gasteiger partial charge in [-0.2, -0.15) is 0 Å². The van der Waals surface area contributed by atoms with Gasteiger partial charge in [-0.25, -0.2) is 0 Å². The summed E-state index contributed by atoms with van der Waals surface area (Å²) < 4.78 is 0. The van der Waals surface area contributed by atoms with Crippen molar-refractivity contribution in [1.82, 2.24) is 4.90 Å². The Bertz CT molecular complexity index is 344. The van der Waals surface area contributed by atoms with Gasteiger partial charge in [0.25, 0.3) is 0 Å². The lowest BCUT2D eigenvalue weighted by Gasteiger charge is -2.38. The Morgan fingerprint density at radius 1 is 1.12 bits per heavy atom. The van der Waals surface area contributed by atoms with E-state index in [4.69, 9.17) is 0 Å². The molecule has 1 aliphatic heterocycles. The molecule has 1 N–H and O–H groups in total. The van der Waals surface area contributed by atoms with Crippen molar-refractivity contribution in [2.75, 3.05) is 31.1 Å². The van der Waals surface area contributed by atoms with Crippen molar-refractivity contribution in [3.05, 3.63) is 24.3 Å². The average molecular weight is 220 g/mol. The first-order chi connectivity index (χ1) is 7.66. The Morgan fingerprint density at radius 3 is 2.38 bits per heavy atom. The fraction of sp³-hybridized carbons (Fsp3) is 0.538. The average Bonchev–Trinajstić information content (AvgIpc) is 2.29. The molecule has 16 heavy (non-hydrogen) atoms. The van der Waals surface area contributed by atoms with Crippen LogP contribution in [-0.2, 0) is 0 Å². The van der Waals surface area contributed by atoms with Gasteiger partial charge in [0.2, 0.25) is 0 Å². The molecule has 2 rings (SSSR count). The first-order valence-electron chi connectivity index (χ1n) is 5.95. The Labute approximate surface area is 97.3 Å². The summed E-state index contributed by atoms with van der Waals surface area (Å²) in [6, 6.07) is 8.15. The van der Waals surface area contributed by atoms with Gasteiger partial charge in [-0.1, -0.05) is 6.07 Å². The van der Waals surface area contributed by atoms with Crippen molar-refractivity contribution in [1.29, 1.82) is 0 Å². The highest BCUT2D eigenvalue weighted by Crippen LogP contribution is 2.21. The quantitative estimate of drug-likeness (QED) is 0.825. The number of hydrogen-bond donors (Lipinski definition) is 1. The third-order valence-electron chi connectivity index (χ3n) is 3.24. The molecule has 0 radical (unpaired) electrons. The number of phenols is 1. The van der Waals surface area contributed by atoms with Crippen LogP contribution in [0.15, 0.2) is 24.3 Å². The SMILES string of the molecule is CC(C)N1CCN(c2cccc(O)c2)CC1. The van der Waals surface area contributed by atoms with Crippen LogP contribution in [0.4, 0.5) is 5.69 Å². The van der Waals surface area contributed by atoms with Crippen molar-refractivity contribution in [3.63, 3.8) is 0 Å². The number of hydrogen-bond acceptors (Lipinski definition) is 3. The van der Waals surface area contributed by atoms with Gasteiger partial charge in [0, 0.05) is 44.0 Å². The zero-order valence-corrected chi connectivity index (χ0v) is 10.1. The molecule has 1 saturated heterocycles. The van der Waals surface area contributed by atoms with Gasteiger partial charge in [-0.3, -0.25) is 4.90 Å². The molecular weight excluding hydrogens is 200 g/mol. The number of piperazine rings is 1. The van der Waals surface area contributed by atoms with Gasteiger partial charge >= 0.3 is 0 Å². The predicted molar refractivity (Wildman–Crippen MR) is 67.0 cm³/mol. The molecule has 0 atom stereocenters. The molecule has 3 heteroatoms. The molecule has 88 valence electrons. The second kappa shape index (κ2) is 4.74. The van der Waals surface area contributed by atoms with Crippen LogP contribution in [0.5, 0.6) is 5.75 Å². The van der Waals surface area contributed by atoms with Crippen LogP contribution < -0.4 is 4.90 Å². The Kier molecular flexibility index (Phi) is 3.34. The molecule has 1 aliphatic rings. The maximum absolute atomic E-state index is 9.45. The molecule has 0 spiro atoms. The van der Waals surface area contributed by atoms with E-state index < -0.39 is 0 Å². The molecule has 3 nitrogen and oxygen atoms in total. The molecule has 0 amide bonds. The van der Waals surface area contributed by atoms with Crippen LogP contribution in [0, 0.1) is 0 Å². The smallest absolute Gasteiger partial charge is 0.117 e. The second-order valence-corrected chi connectivity index (χ2v) is 4.64. The highest BCUT2D eigenvalue weighted by Gasteiger charge is 2.18. The summed E-state index contributed by atoms with van der Waals surface area (Å²) in [6.45, 7) is 8.78. The summed E-state index contributed by atoms with van der Waals surface area (Å²) in [5.41, 5.74) is 1.13. The van der Waals surface area contributed by atoms with Crippen LogP contribution >= 0.6 is 0 Å². The van der Waals surface area contributed by atoms with E-state index in [9.17, 15) is 5.11 Å².